The van der Waals surface area contributed by atoms with Crippen molar-refractivity contribution in [2.24, 2.45) is 5.41 Å². The van der Waals surface area contributed by atoms with Gasteiger partial charge in [0.15, 0.2) is 5.76 Å². The van der Waals surface area contributed by atoms with E-state index in [2.05, 4.69) is 31.2 Å². The standard InChI is InChI=1S/C24H32N6O4.C2H3F3O/c1-25-12-19(10-24(14-26-16-31)11-22(32)28-15-24)30(18-7-8-18)23(33)27-13-20-9-21(29-34-20)17-5-3-2-4-6-17;1-6-2(3,4)5/h2-6,9,16,18-19,25H,7-8,10-15H2,1H3,(H,26,31)(H,27,33)(H,28,32);1H3. The summed E-state index contributed by atoms with van der Waals surface area (Å²) < 4.78 is 40.1. The van der Waals surface area contributed by atoms with Gasteiger partial charge in [-0.05, 0) is 26.3 Å². The Morgan fingerprint density at radius 3 is 2.58 bits per heavy atom. The first-order valence-corrected chi connectivity index (χ1v) is 12.9. The molecule has 0 spiro atoms. The van der Waals surface area contributed by atoms with Gasteiger partial charge in [-0.1, -0.05) is 35.5 Å². The van der Waals surface area contributed by atoms with Crippen LogP contribution in [0.1, 0.15) is 31.4 Å². The van der Waals surface area contributed by atoms with Crippen molar-refractivity contribution in [3.8, 4) is 11.3 Å². The quantitative estimate of drug-likeness (QED) is 0.289. The molecule has 14 heteroatoms. The molecule has 1 aliphatic heterocycles. The first kappa shape index (κ1) is 30.9. The lowest BCUT2D eigenvalue weighted by molar-refractivity contribution is -0.311. The average molecular weight is 569 g/mol. The number of halogens is 3. The Balaban J connectivity index is 0.000000663. The number of rotatable bonds is 12. The van der Waals surface area contributed by atoms with Crippen LogP contribution in [-0.2, 0) is 20.9 Å². The van der Waals surface area contributed by atoms with Crippen molar-refractivity contribution >= 4 is 18.3 Å². The number of carbonyl (C=O) groups excluding carboxylic acids is 3. The molecular formula is C26H35F3N6O5. The zero-order chi connectivity index (χ0) is 29.2. The lowest BCUT2D eigenvalue weighted by Gasteiger charge is -2.38. The smallest absolute Gasteiger partial charge is 0.359 e. The summed E-state index contributed by atoms with van der Waals surface area (Å²) in [7, 11) is 2.43. The van der Waals surface area contributed by atoms with E-state index in [1.807, 2.05) is 48.3 Å². The van der Waals surface area contributed by atoms with Crippen LogP contribution < -0.4 is 21.3 Å². The van der Waals surface area contributed by atoms with Crippen molar-refractivity contribution in [2.45, 2.75) is 50.7 Å². The molecule has 2 heterocycles. The molecule has 2 unspecified atom stereocenters. The number of nitrogens with zero attached hydrogens (tertiary/aromatic N) is 2. The second-order valence-corrected chi connectivity index (χ2v) is 9.86. The van der Waals surface area contributed by atoms with Crippen LogP contribution in [0.3, 0.4) is 0 Å². The minimum atomic E-state index is -4.46. The van der Waals surface area contributed by atoms with Gasteiger partial charge in [-0.3, -0.25) is 14.3 Å². The summed E-state index contributed by atoms with van der Waals surface area (Å²) in [5.41, 5.74) is 1.24. The van der Waals surface area contributed by atoms with Gasteiger partial charge >= 0.3 is 12.4 Å². The molecule has 1 saturated carbocycles. The van der Waals surface area contributed by atoms with Gasteiger partial charge in [-0.15, -0.1) is 13.2 Å². The second kappa shape index (κ2) is 14.1. The molecular weight excluding hydrogens is 533 g/mol. The summed E-state index contributed by atoms with van der Waals surface area (Å²) in [6.45, 7) is 1.68. The van der Waals surface area contributed by atoms with Gasteiger partial charge < -0.3 is 30.7 Å². The predicted molar refractivity (Wildman–Crippen MR) is 139 cm³/mol. The molecule has 4 rings (SSSR count). The number of hydrogen-bond donors (Lipinski definition) is 4. The highest BCUT2D eigenvalue weighted by Crippen LogP contribution is 2.36. The summed E-state index contributed by atoms with van der Waals surface area (Å²) >= 11 is 0. The summed E-state index contributed by atoms with van der Waals surface area (Å²) in [5.74, 6) is 0.545. The molecule has 11 nitrogen and oxygen atoms in total. The van der Waals surface area contributed by atoms with Gasteiger partial charge in [-0.2, -0.15) is 0 Å². The van der Waals surface area contributed by atoms with Gasteiger partial charge in [0.1, 0.15) is 5.69 Å². The van der Waals surface area contributed by atoms with Crippen LogP contribution in [-0.4, -0.2) is 80.6 Å². The van der Waals surface area contributed by atoms with Gasteiger partial charge in [0.25, 0.3) is 0 Å². The summed E-state index contributed by atoms with van der Waals surface area (Å²) in [6.07, 6.45) is -0.980. The van der Waals surface area contributed by atoms with Crippen molar-refractivity contribution in [2.75, 3.05) is 33.8 Å². The predicted octanol–water partition coefficient (Wildman–Crippen LogP) is 2.40. The fourth-order valence-electron chi connectivity index (χ4n) is 4.73. The third kappa shape index (κ3) is 9.23. The van der Waals surface area contributed by atoms with Crippen molar-refractivity contribution in [3.05, 3.63) is 42.2 Å². The summed E-state index contributed by atoms with van der Waals surface area (Å²) in [6, 6.07) is 11.4. The van der Waals surface area contributed by atoms with E-state index in [0.717, 1.165) is 24.1 Å². The fourth-order valence-corrected chi connectivity index (χ4v) is 4.73. The van der Waals surface area contributed by atoms with Crippen molar-refractivity contribution < 1.29 is 36.8 Å². The third-order valence-corrected chi connectivity index (χ3v) is 6.71. The van der Waals surface area contributed by atoms with E-state index in [4.69, 9.17) is 4.52 Å². The van der Waals surface area contributed by atoms with Crippen LogP contribution in [0.25, 0.3) is 11.3 Å². The number of amides is 4. The second-order valence-electron chi connectivity index (χ2n) is 9.86. The molecule has 2 aromatic rings. The van der Waals surface area contributed by atoms with E-state index < -0.39 is 11.8 Å². The van der Waals surface area contributed by atoms with E-state index in [-0.39, 0.29) is 30.6 Å². The number of aromatic nitrogens is 1. The van der Waals surface area contributed by atoms with Crippen molar-refractivity contribution in [3.63, 3.8) is 0 Å². The molecule has 40 heavy (non-hydrogen) atoms. The lowest BCUT2D eigenvalue weighted by atomic mass is 9.80. The number of ether oxygens (including phenoxy) is 1. The molecule has 0 bridgehead atoms. The number of hydrogen-bond acceptors (Lipinski definition) is 7. The fraction of sp³-hybridized carbons (Fsp3) is 0.538. The summed E-state index contributed by atoms with van der Waals surface area (Å²) in [5, 5.41) is 15.9. The Hall–Kier alpha value is -3.65. The van der Waals surface area contributed by atoms with Crippen LogP contribution >= 0.6 is 0 Å². The first-order valence-electron chi connectivity index (χ1n) is 12.9. The number of nitrogens with one attached hydrogen (secondary N) is 4. The Kier molecular flexibility index (Phi) is 10.9. The van der Waals surface area contributed by atoms with E-state index in [1.54, 1.807) is 0 Å². The number of urea groups is 1. The van der Waals surface area contributed by atoms with Crippen molar-refractivity contribution in [1.82, 2.24) is 31.3 Å². The van der Waals surface area contributed by atoms with E-state index in [9.17, 15) is 27.6 Å². The molecule has 1 aliphatic carbocycles. The van der Waals surface area contributed by atoms with Crippen LogP contribution in [0.5, 0.6) is 0 Å². The molecule has 2 fully saturated rings. The minimum Gasteiger partial charge on any atom is -0.359 e. The molecule has 220 valence electrons. The van der Waals surface area contributed by atoms with Crippen LogP contribution in [0.2, 0.25) is 0 Å². The molecule has 1 aromatic heterocycles. The Bertz CT molecular complexity index is 1110. The average Bonchev–Trinajstić information content (AvgIpc) is 3.52. The molecule has 1 saturated heterocycles. The maximum Gasteiger partial charge on any atom is 0.522 e. The molecule has 4 amide bonds. The lowest BCUT2D eigenvalue weighted by Crippen LogP contribution is -2.53. The molecule has 4 N–H and O–H groups in total. The van der Waals surface area contributed by atoms with Crippen LogP contribution in [0, 0.1) is 5.41 Å². The highest BCUT2D eigenvalue weighted by Gasteiger charge is 2.45. The third-order valence-electron chi connectivity index (χ3n) is 6.71. The zero-order valence-corrected chi connectivity index (χ0v) is 22.4. The minimum absolute atomic E-state index is 0.0298. The SMILES string of the molecule is CNCC(CC1(CNC=O)CNC(=O)C1)N(C(=O)NCc1cc(-c2ccccc2)no1)C1CC1.COC(F)(F)F. The molecule has 1 aromatic carbocycles. The monoisotopic (exact) mass is 568 g/mol. The highest BCUT2D eigenvalue weighted by atomic mass is 19.4. The Morgan fingerprint density at radius 1 is 1.32 bits per heavy atom. The Morgan fingerprint density at radius 2 is 2.02 bits per heavy atom. The number of carbonyl (C=O) groups is 3. The highest BCUT2D eigenvalue weighted by molar-refractivity contribution is 5.79. The largest absolute Gasteiger partial charge is 0.522 e. The molecule has 0 radical (unpaired) electrons. The van der Waals surface area contributed by atoms with Gasteiger partial charge in [0, 0.05) is 62.3 Å². The van der Waals surface area contributed by atoms with Crippen molar-refractivity contribution in [1.29, 1.82) is 0 Å². The maximum absolute atomic E-state index is 13.3. The zero-order valence-electron chi connectivity index (χ0n) is 22.4. The first-order chi connectivity index (χ1) is 19.1. The number of likely N-dealkylation sites (N-methyl/N-ethyl adjacent to an activating group) is 1. The topological polar surface area (TPSA) is 138 Å². The Labute approximate surface area is 230 Å². The van der Waals surface area contributed by atoms with Crippen LogP contribution in [0.15, 0.2) is 40.9 Å². The van der Waals surface area contributed by atoms with E-state index >= 15 is 0 Å². The normalized spacial score (nSPS) is 19.2. The van der Waals surface area contributed by atoms with Gasteiger partial charge in [-0.25, -0.2) is 4.79 Å². The van der Waals surface area contributed by atoms with Gasteiger partial charge in [0.05, 0.1) is 6.54 Å². The summed E-state index contributed by atoms with van der Waals surface area (Å²) in [4.78, 5) is 38.2. The van der Waals surface area contributed by atoms with E-state index in [0.29, 0.717) is 51.8 Å². The number of methoxy groups -OCH3 is 1. The van der Waals surface area contributed by atoms with E-state index in [1.165, 1.54) is 0 Å². The molecule has 2 atom stereocenters. The maximum atomic E-state index is 13.3. The van der Waals surface area contributed by atoms with Gasteiger partial charge in [0.2, 0.25) is 12.3 Å². The number of alkyl halides is 3. The molecule has 2 aliphatic rings. The van der Waals surface area contributed by atoms with Crippen LogP contribution in [0.4, 0.5) is 18.0 Å². The number of benzene rings is 1.